The summed E-state index contributed by atoms with van der Waals surface area (Å²) in [4.78, 5) is 30.2. The Balaban J connectivity index is 2.14. The van der Waals surface area contributed by atoms with Gasteiger partial charge in [-0.2, -0.15) is 5.26 Å². The van der Waals surface area contributed by atoms with Gasteiger partial charge in [-0.3, -0.25) is 14.0 Å². The summed E-state index contributed by atoms with van der Waals surface area (Å²) in [6.07, 6.45) is 4.46. The molecule has 0 bridgehead atoms. The van der Waals surface area contributed by atoms with Crippen LogP contribution in [0.4, 0.5) is 10.5 Å². The van der Waals surface area contributed by atoms with Gasteiger partial charge in [-0.05, 0) is 51.0 Å². The van der Waals surface area contributed by atoms with Crippen molar-refractivity contribution in [3.63, 3.8) is 0 Å². The first-order valence-corrected chi connectivity index (χ1v) is 12.4. The summed E-state index contributed by atoms with van der Waals surface area (Å²) in [7, 11) is -1.50. The molecule has 1 aromatic heterocycles. The maximum Gasteiger partial charge on any atom is 0.408 e. The lowest BCUT2D eigenvalue weighted by Crippen LogP contribution is -2.37. The molecule has 2 aromatic rings. The Hall–Kier alpha value is -3.22. The molecule has 0 radical (unpaired) electrons. The van der Waals surface area contributed by atoms with E-state index in [4.69, 9.17) is 16.3 Å². The number of pyridine rings is 1. The maximum atomic E-state index is 13.1. The fraction of sp³-hybridized carbons (Fsp3) is 0.333. The molecule has 0 spiro atoms. The highest BCUT2D eigenvalue weighted by molar-refractivity contribution is 7.84. The number of nitriles is 1. The molecule has 0 aliphatic heterocycles. The lowest BCUT2D eigenvalue weighted by atomic mass is 9.95. The number of allylic oxidation sites excluding steroid dienone is 1. The number of ketones is 1. The Kier molecular flexibility index (Phi) is 7.75. The highest BCUT2D eigenvalue weighted by Gasteiger charge is 2.35. The van der Waals surface area contributed by atoms with E-state index in [2.05, 4.69) is 15.6 Å². The molecule has 1 aromatic carbocycles. The summed E-state index contributed by atoms with van der Waals surface area (Å²) in [5.41, 5.74) is 1.50. The van der Waals surface area contributed by atoms with Gasteiger partial charge in [-0.15, -0.1) is 0 Å². The monoisotopic (exact) mass is 500 g/mol. The number of hydrogen-bond acceptors (Lipinski definition) is 7. The third-order valence-electron chi connectivity index (χ3n) is 4.94. The molecule has 0 saturated heterocycles. The SMILES string of the molecule is CS(=O)c1cc(C#N)ccc1C(NC(=O)OC(C)(C)C)C1=C(Nc2cncc(Cl)c2)CCC1=O. The number of alkyl carbamates (subject to hydrolysis) is 1. The van der Waals surface area contributed by atoms with Crippen molar-refractivity contribution in [2.45, 2.75) is 50.2 Å². The number of halogens is 1. The van der Waals surface area contributed by atoms with Gasteiger partial charge in [-0.25, -0.2) is 4.79 Å². The van der Waals surface area contributed by atoms with Gasteiger partial charge in [0.15, 0.2) is 5.78 Å². The van der Waals surface area contributed by atoms with Crippen molar-refractivity contribution in [3.8, 4) is 6.07 Å². The molecule has 8 nitrogen and oxygen atoms in total. The van der Waals surface area contributed by atoms with E-state index in [0.29, 0.717) is 44.4 Å². The fourth-order valence-electron chi connectivity index (χ4n) is 3.62. The number of nitrogens with one attached hydrogen (secondary N) is 2. The number of benzene rings is 1. The predicted molar refractivity (Wildman–Crippen MR) is 130 cm³/mol. The van der Waals surface area contributed by atoms with Crippen LogP contribution in [0.25, 0.3) is 0 Å². The second-order valence-electron chi connectivity index (χ2n) is 8.73. The molecular weight excluding hydrogens is 476 g/mol. The molecule has 2 atom stereocenters. The molecule has 10 heteroatoms. The molecule has 1 aliphatic carbocycles. The standard InChI is InChI=1S/C24H25ClN4O4S/c1-24(2,3)33-23(31)29-22(17-6-5-14(11-26)9-20(17)34(4)32)21-18(7-8-19(21)30)28-16-10-15(25)12-27-13-16/h5-6,9-10,12-13,22,28H,7-8H2,1-4H3,(H,29,31). The zero-order valence-electron chi connectivity index (χ0n) is 19.3. The average Bonchev–Trinajstić information content (AvgIpc) is 3.10. The van der Waals surface area contributed by atoms with Crippen molar-refractivity contribution in [1.82, 2.24) is 10.3 Å². The van der Waals surface area contributed by atoms with Gasteiger partial charge in [0.1, 0.15) is 5.60 Å². The second-order valence-corrected chi connectivity index (χ2v) is 10.5. The summed E-state index contributed by atoms with van der Waals surface area (Å²) in [5, 5.41) is 15.7. The highest BCUT2D eigenvalue weighted by atomic mass is 35.5. The number of carbonyl (C=O) groups is 2. The van der Waals surface area contributed by atoms with Gasteiger partial charge in [0.25, 0.3) is 0 Å². The molecule has 1 amide bonds. The average molecular weight is 501 g/mol. The van der Waals surface area contributed by atoms with Crippen LogP contribution in [0, 0.1) is 11.3 Å². The van der Waals surface area contributed by atoms with E-state index < -0.39 is 28.5 Å². The van der Waals surface area contributed by atoms with Crippen LogP contribution in [0.3, 0.4) is 0 Å². The fourth-order valence-corrected chi connectivity index (χ4v) is 4.60. The summed E-state index contributed by atoms with van der Waals surface area (Å²) in [6.45, 7) is 5.19. The maximum absolute atomic E-state index is 13.1. The molecule has 0 saturated carbocycles. The van der Waals surface area contributed by atoms with Gasteiger partial charge in [-0.1, -0.05) is 17.7 Å². The van der Waals surface area contributed by atoms with E-state index in [-0.39, 0.29) is 12.2 Å². The third-order valence-corrected chi connectivity index (χ3v) is 6.12. The van der Waals surface area contributed by atoms with E-state index >= 15 is 0 Å². The van der Waals surface area contributed by atoms with Gasteiger partial charge in [0.05, 0.1) is 45.4 Å². The number of hydrogen-bond donors (Lipinski definition) is 2. The smallest absolute Gasteiger partial charge is 0.408 e. The van der Waals surface area contributed by atoms with E-state index in [1.54, 1.807) is 45.2 Å². The van der Waals surface area contributed by atoms with Crippen LogP contribution in [-0.4, -0.2) is 32.9 Å². The first-order valence-electron chi connectivity index (χ1n) is 10.5. The molecule has 1 heterocycles. The van der Waals surface area contributed by atoms with Crippen molar-refractivity contribution in [1.29, 1.82) is 5.26 Å². The van der Waals surface area contributed by atoms with Gasteiger partial charge in [0.2, 0.25) is 0 Å². The van der Waals surface area contributed by atoms with Gasteiger partial charge >= 0.3 is 6.09 Å². The number of ether oxygens (including phenoxy) is 1. The minimum absolute atomic E-state index is 0.171. The number of amides is 1. The Morgan fingerprint density at radius 2 is 2.00 bits per heavy atom. The van der Waals surface area contributed by atoms with Crippen molar-refractivity contribution in [2.75, 3.05) is 11.6 Å². The van der Waals surface area contributed by atoms with Crippen LogP contribution >= 0.6 is 11.6 Å². The van der Waals surface area contributed by atoms with Gasteiger partial charge < -0.3 is 15.4 Å². The predicted octanol–water partition coefficient (Wildman–Crippen LogP) is 4.64. The summed E-state index contributed by atoms with van der Waals surface area (Å²) < 4.78 is 18.0. The highest BCUT2D eigenvalue weighted by Crippen LogP contribution is 2.36. The van der Waals surface area contributed by atoms with Crippen molar-refractivity contribution >= 4 is 40.0 Å². The topological polar surface area (TPSA) is 121 Å². The number of nitrogens with zero attached hydrogens (tertiary/aromatic N) is 2. The Labute approximate surface area is 205 Å². The zero-order chi connectivity index (χ0) is 25.0. The van der Waals surface area contributed by atoms with Crippen LogP contribution in [0.1, 0.15) is 50.8 Å². The number of aromatic nitrogens is 1. The number of anilines is 1. The van der Waals surface area contributed by atoms with Crippen LogP contribution in [0.5, 0.6) is 0 Å². The van der Waals surface area contributed by atoms with E-state index in [1.165, 1.54) is 18.5 Å². The first-order chi connectivity index (χ1) is 16.0. The van der Waals surface area contributed by atoms with E-state index in [1.807, 2.05) is 6.07 Å². The largest absolute Gasteiger partial charge is 0.444 e. The Morgan fingerprint density at radius 3 is 2.62 bits per heavy atom. The zero-order valence-corrected chi connectivity index (χ0v) is 20.8. The molecule has 3 rings (SSSR count). The normalized spacial score (nSPS) is 15.5. The van der Waals surface area contributed by atoms with Crippen LogP contribution in [0.2, 0.25) is 5.02 Å². The van der Waals surface area contributed by atoms with Crippen LogP contribution in [0.15, 0.2) is 52.8 Å². The molecule has 1 aliphatic rings. The van der Waals surface area contributed by atoms with Gasteiger partial charge in [0, 0.05) is 35.0 Å². The molecular formula is C24H25ClN4O4S. The number of Topliss-reactive ketones (excluding diaryl/α,β-unsaturated/α-hetero) is 1. The third kappa shape index (κ3) is 6.22. The van der Waals surface area contributed by atoms with Crippen molar-refractivity contribution in [2.24, 2.45) is 0 Å². The number of rotatable bonds is 6. The molecule has 0 fully saturated rings. The molecule has 34 heavy (non-hydrogen) atoms. The van der Waals surface area contributed by atoms with Crippen LogP contribution < -0.4 is 10.6 Å². The van der Waals surface area contributed by atoms with E-state index in [0.717, 1.165) is 0 Å². The lowest BCUT2D eigenvalue weighted by Gasteiger charge is -2.26. The van der Waals surface area contributed by atoms with E-state index in [9.17, 15) is 19.1 Å². The summed E-state index contributed by atoms with van der Waals surface area (Å²) in [6, 6.07) is 7.42. The minimum Gasteiger partial charge on any atom is -0.444 e. The molecule has 2 N–H and O–H groups in total. The molecule has 2 unspecified atom stereocenters. The minimum atomic E-state index is -1.50. The summed E-state index contributed by atoms with van der Waals surface area (Å²) >= 11 is 6.05. The van der Waals surface area contributed by atoms with Crippen LogP contribution in [-0.2, 0) is 20.3 Å². The summed E-state index contributed by atoms with van der Waals surface area (Å²) in [5.74, 6) is -0.171. The Bertz CT molecular complexity index is 1230. The first kappa shape index (κ1) is 25.4. The molecule has 178 valence electrons. The Morgan fingerprint density at radius 1 is 1.26 bits per heavy atom. The number of carbonyl (C=O) groups excluding carboxylic acids is 2. The lowest BCUT2D eigenvalue weighted by molar-refractivity contribution is -0.115. The van der Waals surface area contributed by atoms with Crippen molar-refractivity contribution in [3.05, 3.63) is 64.1 Å². The second kappa shape index (κ2) is 10.4. The quantitative estimate of drug-likeness (QED) is 0.592. The van der Waals surface area contributed by atoms with Crippen molar-refractivity contribution < 1.29 is 18.5 Å².